The smallest absolute Gasteiger partial charge is 0.119 e. The van der Waals surface area contributed by atoms with Crippen molar-refractivity contribution in [3.05, 3.63) is 17.5 Å². The van der Waals surface area contributed by atoms with Crippen molar-refractivity contribution in [1.82, 2.24) is 9.78 Å². The van der Waals surface area contributed by atoms with E-state index in [1.165, 1.54) is 5.69 Å². The Morgan fingerprint density at radius 2 is 2.44 bits per heavy atom. The molecular weight excluding hydrogens is 114 g/mol. The molecule has 1 aromatic heterocycles. The normalized spacial score (nSPS) is 10.1. The van der Waals surface area contributed by atoms with Crippen LogP contribution in [0.1, 0.15) is 11.4 Å². The molecule has 1 rings (SSSR count). The molecule has 3 N–H and O–H groups in total. The van der Waals surface area contributed by atoms with Crippen molar-refractivity contribution in [2.24, 2.45) is 7.05 Å². The van der Waals surface area contributed by atoms with Gasteiger partial charge in [0.05, 0.1) is 0 Å². The Morgan fingerprint density at radius 3 is 2.67 bits per heavy atom. The topological polar surface area (TPSA) is 45.5 Å². The summed E-state index contributed by atoms with van der Waals surface area (Å²) in [5.41, 5.74) is 5.99. The third-order valence-electron chi connectivity index (χ3n) is 1.42. The summed E-state index contributed by atoms with van der Waals surface area (Å²) in [4.78, 5) is 0. The van der Waals surface area contributed by atoms with Gasteiger partial charge >= 0.3 is 0 Å². The number of nitrogens with zero attached hydrogens (tertiary/aromatic N) is 2. The molecule has 0 aliphatic carbocycles. The minimum absolute atomic E-state index is 0.779. The average molecular weight is 126 g/mol. The number of aromatic nitrogens is 2. The van der Waals surface area contributed by atoms with Crippen molar-refractivity contribution in [3.63, 3.8) is 0 Å². The lowest BCUT2D eigenvalue weighted by Gasteiger charge is -1.87. The molecule has 0 amide bonds. The molecule has 1 heterocycles. The van der Waals surface area contributed by atoms with Crippen molar-refractivity contribution < 1.29 is 5.73 Å². The van der Waals surface area contributed by atoms with Gasteiger partial charge in [0.25, 0.3) is 0 Å². The van der Waals surface area contributed by atoms with Crippen LogP contribution in [0.4, 0.5) is 0 Å². The first-order valence-corrected chi connectivity index (χ1v) is 3.03. The van der Waals surface area contributed by atoms with E-state index in [4.69, 9.17) is 0 Å². The van der Waals surface area contributed by atoms with E-state index in [-0.39, 0.29) is 0 Å². The van der Waals surface area contributed by atoms with E-state index in [0.29, 0.717) is 0 Å². The molecule has 9 heavy (non-hydrogen) atoms. The van der Waals surface area contributed by atoms with Gasteiger partial charge in [0.15, 0.2) is 0 Å². The van der Waals surface area contributed by atoms with Crippen LogP contribution in [0.15, 0.2) is 6.07 Å². The summed E-state index contributed by atoms with van der Waals surface area (Å²) in [6, 6.07) is 2.05. The maximum Gasteiger partial charge on any atom is 0.119 e. The zero-order valence-electron chi connectivity index (χ0n) is 5.89. The Morgan fingerprint density at radius 1 is 1.78 bits per heavy atom. The van der Waals surface area contributed by atoms with Crippen molar-refractivity contribution in [3.8, 4) is 0 Å². The summed E-state index contributed by atoms with van der Waals surface area (Å²) >= 11 is 0. The molecule has 0 bridgehead atoms. The molecule has 50 valence electrons. The molecule has 0 saturated heterocycles. The van der Waals surface area contributed by atoms with Crippen molar-refractivity contribution >= 4 is 0 Å². The Bertz CT molecular complexity index is 183. The first kappa shape index (κ1) is 6.29. The molecule has 0 aliphatic heterocycles. The second kappa shape index (κ2) is 2.19. The molecule has 0 saturated carbocycles. The summed E-state index contributed by atoms with van der Waals surface area (Å²) in [5.74, 6) is 0. The van der Waals surface area contributed by atoms with Gasteiger partial charge in [0.2, 0.25) is 0 Å². The fourth-order valence-electron chi connectivity index (χ4n) is 0.757. The minimum atomic E-state index is 0.779. The molecule has 0 atom stereocenters. The molecule has 1 aromatic rings. The van der Waals surface area contributed by atoms with Gasteiger partial charge in [-0.05, 0) is 13.0 Å². The maximum absolute atomic E-state index is 4.18. The lowest BCUT2D eigenvalue weighted by atomic mass is 10.4. The second-order valence-electron chi connectivity index (χ2n) is 2.15. The Labute approximate surface area is 54.5 Å². The predicted octanol–water partition coefficient (Wildman–Crippen LogP) is -0.530. The van der Waals surface area contributed by atoms with Gasteiger partial charge in [0, 0.05) is 12.7 Å². The molecule has 3 nitrogen and oxygen atoms in total. The predicted molar refractivity (Wildman–Crippen MR) is 34.5 cm³/mol. The molecular formula is C6H12N3+. The standard InChI is InChI=1S/C6H11N3/c1-5-3-6(4-7)8-9(5)2/h3H,4,7H2,1-2H3/p+1. The molecule has 0 fully saturated rings. The molecule has 0 radical (unpaired) electrons. The lowest BCUT2D eigenvalue weighted by molar-refractivity contribution is -0.387. The monoisotopic (exact) mass is 126 g/mol. The van der Waals surface area contributed by atoms with Gasteiger partial charge in [-0.2, -0.15) is 5.10 Å². The average Bonchev–Trinajstić information content (AvgIpc) is 2.13. The summed E-state index contributed by atoms with van der Waals surface area (Å²) in [6.07, 6.45) is 0. The van der Waals surface area contributed by atoms with E-state index in [1.54, 1.807) is 0 Å². The first-order valence-electron chi connectivity index (χ1n) is 3.03. The van der Waals surface area contributed by atoms with Gasteiger partial charge in [-0.1, -0.05) is 0 Å². The van der Waals surface area contributed by atoms with Crippen LogP contribution in [-0.4, -0.2) is 9.78 Å². The summed E-state index contributed by atoms with van der Waals surface area (Å²) < 4.78 is 1.86. The third-order valence-corrected chi connectivity index (χ3v) is 1.42. The highest BCUT2D eigenvalue weighted by molar-refractivity contribution is 5.06. The Hall–Kier alpha value is -0.830. The lowest BCUT2D eigenvalue weighted by Crippen LogP contribution is -2.47. The van der Waals surface area contributed by atoms with E-state index in [1.807, 2.05) is 24.7 Å². The van der Waals surface area contributed by atoms with E-state index >= 15 is 0 Å². The summed E-state index contributed by atoms with van der Waals surface area (Å²) in [5, 5.41) is 4.18. The highest BCUT2D eigenvalue weighted by Gasteiger charge is 1.97. The molecule has 3 heteroatoms. The second-order valence-corrected chi connectivity index (χ2v) is 2.15. The summed E-state index contributed by atoms with van der Waals surface area (Å²) in [7, 11) is 1.94. The van der Waals surface area contributed by atoms with Crippen LogP contribution in [-0.2, 0) is 13.6 Å². The van der Waals surface area contributed by atoms with Crippen LogP contribution in [0.5, 0.6) is 0 Å². The van der Waals surface area contributed by atoms with Gasteiger partial charge < -0.3 is 5.73 Å². The Balaban J connectivity index is 2.98. The zero-order valence-corrected chi connectivity index (χ0v) is 5.89. The quantitative estimate of drug-likeness (QED) is 0.540. The SMILES string of the molecule is Cc1cc(C[NH3+])nn1C. The van der Waals surface area contributed by atoms with E-state index < -0.39 is 0 Å². The van der Waals surface area contributed by atoms with E-state index in [2.05, 4.69) is 10.8 Å². The van der Waals surface area contributed by atoms with Gasteiger partial charge in [0.1, 0.15) is 12.2 Å². The largest absolute Gasteiger partial charge is 0.352 e. The van der Waals surface area contributed by atoms with Gasteiger partial charge in [-0.3, -0.25) is 4.68 Å². The van der Waals surface area contributed by atoms with Crippen molar-refractivity contribution in [1.29, 1.82) is 0 Å². The summed E-state index contributed by atoms with van der Waals surface area (Å²) in [6.45, 7) is 2.81. The highest BCUT2D eigenvalue weighted by atomic mass is 15.3. The van der Waals surface area contributed by atoms with E-state index in [0.717, 1.165) is 12.2 Å². The van der Waals surface area contributed by atoms with Crippen LogP contribution in [0, 0.1) is 6.92 Å². The fraction of sp³-hybridized carbons (Fsp3) is 0.500. The number of quaternary nitrogens is 1. The molecule has 0 aliphatic rings. The van der Waals surface area contributed by atoms with Crippen LogP contribution in [0.25, 0.3) is 0 Å². The first-order chi connectivity index (χ1) is 4.24. The molecule has 0 unspecified atom stereocenters. The van der Waals surface area contributed by atoms with Gasteiger partial charge in [-0.25, -0.2) is 0 Å². The zero-order chi connectivity index (χ0) is 6.85. The number of rotatable bonds is 1. The number of aryl methyl sites for hydroxylation is 2. The van der Waals surface area contributed by atoms with Crippen molar-refractivity contribution in [2.75, 3.05) is 0 Å². The van der Waals surface area contributed by atoms with Crippen LogP contribution in [0.3, 0.4) is 0 Å². The third kappa shape index (κ3) is 1.10. The molecule has 0 spiro atoms. The number of hydrogen-bond acceptors (Lipinski definition) is 1. The minimum Gasteiger partial charge on any atom is -0.352 e. The van der Waals surface area contributed by atoms with Crippen LogP contribution >= 0.6 is 0 Å². The highest BCUT2D eigenvalue weighted by Crippen LogP contribution is 1.97. The van der Waals surface area contributed by atoms with E-state index in [9.17, 15) is 0 Å². The maximum atomic E-state index is 4.18. The van der Waals surface area contributed by atoms with Crippen LogP contribution in [0.2, 0.25) is 0 Å². The molecule has 0 aromatic carbocycles. The van der Waals surface area contributed by atoms with Crippen molar-refractivity contribution in [2.45, 2.75) is 13.5 Å². The van der Waals surface area contributed by atoms with Gasteiger partial charge in [-0.15, -0.1) is 0 Å². The van der Waals surface area contributed by atoms with Crippen LogP contribution < -0.4 is 5.73 Å². The number of hydrogen-bond donors (Lipinski definition) is 1. The Kier molecular flexibility index (Phi) is 1.53. The fourth-order valence-corrected chi connectivity index (χ4v) is 0.757.